The van der Waals surface area contributed by atoms with Crippen LogP contribution in [0.1, 0.15) is 65.2 Å². The lowest BCUT2D eigenvalue weighted by atomic mass is 9.89. The number of rotatable bonds is 6. The van der Waals surface area contributed by atoms with Crippen molar-refractivity contribution in [2.75, 3.05) is 13.2 Å². The molecule has 2 fully saturated rings. The van der Waals surface area contributed by atoms with E-state index in [1.54, 1.807) is 0 Å². The predicted octanol–water partition coefficient (Wildman–Crippen LogP) is 2.86. The van der Waals surface area contributed by atoms with Crippen LogP contribution in [0.4, 0.5) is 0 Å². The van der Waals surface area contributed by atoms with E-state index in [2.05, 4.69) is 19.2 Å². The zero-order valence-electron chi connectivity index (χ0n) is 12.7. The highest BCUT2D eigenvalue weighted by Crippen LogP contribution is 2.29. The minimum atomic E-state index is -0.366. The Balaban J connectivity index is 1.60. The molecule has 3 heteroatoms. The molecule has 0 aliphatic heterocycles. The third-order valence-electron chi connectivity index (χ3n) is 4.88. The molecule has 112 valence electrons. The van der Waals surface area contributed by atoms with Crippen LogP contribution in [0.2, 0.25) is 0 Å². The van der Waals surface area contributed by atoms with Gasteiger partial charge in [-0.05, 0) is 38.5 Å². The molecule has 2 saturated carbocycles. The maximum absolute atomic E-state index is 10.0. The SMILES string of the molecule is CC1CCCC(OCC(O)CNC2(C)CCCC2)C1. The first-order valence-corrected chi connectivity index (χ1v) is 8.12. The third-order valence-corrected chi connectivity index (χ3v) is 4.88. The fourth-order valence-electron chi connectivity index (χ4n) is 3.53. The molecule has 0 spiro atoms. The molecule has 2 rings (SSSR count). The van der Waals surface area contributed by atoms with Gasteiger partial charge in [-0.2, -0.15) is 0 Å². The van der Waals surface area contributed by atoms with Gasteiger partial charge < -0.3 is 15.2 Å². The second-order valence-corrected chi connectivity index (χ2v) is 7.03. The van der Waals surface area contributed by atoms with Crippen LogP contribution in [0.15, 0.2) is 0 Å². The maximum Gasteiger partial charge on any atom is 0.0898 e. The highest BCUT2D eigenvalue weighted by Gasteiger charge is 2.28. The molecule has 0 radical (unpaired) electrons. The number of nitrogens with one attached hydrogen (secondary N) is 1. The molecule has 0 aromatic rings. The lowest BCUT2D eigenvalue weighted by molar-refractivity contribution is -0.0321. The van der Waals surface area contributed by atoms with Crippen molar-refractivity contribution >= 4 is 0 Å². The summed E-state index contributed by atoms with van der Waals surface area (Å²) in [5.74, 6) is 0.784. The first-order chi connectivity index (χ1) is 9.07. The molecular formula is C16H31NO2. The van der Waals surface area contributed by atoms with E-state index in [1.807, 2.05) is 0 Å². The minimum Gasteiger partial charge on any atom is -0.389 e. The third kappa shape index (κ3) is 5.05. The lowest BCUT2D eigenvalue weighted by Gasteiger charge is -2.29. The van der Waals surface area contributed by atoms with E-state index in [4.69, 9.17) is 4.74 Å². The fourth-order valence-corrected chi connectivity index (χ4v) is 3.53. The monoisotopic (exact) mass is 269 g/mol. The summed E-state index contributed by atoms with van der Waals surface area (Å²) in [6.07, 6.45) is 10.1. The van der Waals surface area contributed by atoms with E-state index >= 15 is 0 Å². The number of hydrogen-bond acceptors (Lipinski definition) is 3. The standard InChI is InChI=1S/C16H31NO2/c1-13-6-5-7-15(10-13)19-12-14(18)11-17-16(2)8-3-4-9-16/h13-15,17-18H,3-12H2,1-2H3. The van der Waals surface area contributed by atoms with Gasteiger partial charge in [-0.25, -0.2) is 0 Å². The summed E-state index contributed by atoms with van der Waals surface area (Å²) in [7, 11) is 0. The van der Waals surface area contributed by atoms with E-state index in [0.717, 1.165) is 12.3 Å². The van der Waals surface area contributed by atoms with Gasteiger partial charge in [0.2, 0.25) is 0 Å². The van der Waals surface area contributed by atoms with Gasteiger partial charge in [0.15, 0.2) is 0 Å². The average Bonchev–Trinajstić information content (AvgIpc) is 2.82. The summed E-state index contributed by atoms with van der Waals surface area (Å²) < 4.78 is 5.87. The van der Waals surface area contributed by atoms with Crippen molar-refractivity contribution in [1.82, 2.24) is 5.32 Å². The molecule has 19 heavy (non-hydrogen) atoms. The maximum atomic E-state index is 10.0. The molecule has 0 aromatic heterocycles. The molecule has 2 aliphatic carbocycles. The van der Waals surface area contributed by atoms with E-state index < -0.39 is 0 Å². The topological polar surface area (TPSA) is 41.5 Å². The van der Waals surface area contributed by atoms with Crippen LogP contribution in [0.3, 0.4) is 0 Å². The molecule has 0 amide bonds. The number of ether oxygens (including phenoxy) is 1. The minimum absolute atomic E-state index is 0.250. The first-order valence-electron chi connectivity index (χ1n) is 8.12. The van der Waals surface area contributed by atoms with Crippen LogP contribution in [-0.4, -0.2) is 36.0 Å². The molecule has 2 N–H and O–H groups in total. The predicted molar refractivity (Wildman–Crippen MR) is 78.3 cm³/mol. The first kappa shape index (κ1) is 15.3. The fraction of sp³-hybridized carbons (Fsp3) is 1.00. The summed E-state index contributed by atoms with van der Waals surface area (Å²) >= 11 is 0. The Kier molecular flexibility index (Phi) is 5.67. The normalized spacial score (nSPS) is 32.4. The van der Waals surface area contributed by atoms with Gasteiger partial charge >= 0.3 is 0 Å². The average molecular weight is 269 g/mol. The highest BCUT2D eigenvalue weighted by molar-refractivity contribution is 4.88. The van der Waals surface area contributed by atoms with Crippen molar-refractivity contribution < 1.29 is 9.84 Å². The Bertz CT molecular complexity index is 263. The van der Waals surface area contributed by atoms with E-state index in [0.29, 0.717) is 19.3 Å². The number of aliphatic hydroxyl groups is 1. The second kappa shape index (κ2) is 7.05. The molecule has 3 unspecified atom stereocenters. The highest BCUT2D eigenvalue weighted by atomic mass is 16.5. The summed E-state index contributed by atoms with van der Waals surface area (Å²) in [4.78, 5) is 0. The van der Waals surface area contributed by atoms with Crippen LogP contribution in [-0.2, 0) is 4.74 Å². The van der Waals surface area contributed by atoms with Gasteiger partial charge in [-0.15, -0.1) is 0 Å². The summed E-state index contributed by atoms with van der Waals surface area (Å²) in [6.45, 7) is 5.73. The number of hydrogen-bond donors (Lipinski definition) is 2. The van der Waals surface area contributed by atoms with Gasteiger partial charge in [0.1, 0.15) is 0 Å². The van der Waals surface area contributed by atoms with Crippen LogP contribution >= 0.6 is 0 Å². The van der Waals surface area contributed by atoms with Gasteiger partial charge in [0, 0.05) is 12.1 Å². The van der Waals surface area contributed by atoms with Crippen molar-refractivity contribution in [3.63, 3.8) is 0 Å². The van der Waals surface area contributed by atoms with Crippen LogP contribution in [0, 0.1) is 5.92 Å². The van der Waals surface area contributed by atoms with E-state index in [9.17, 15) is 5.11 Å². The second-order valence-electron chi connectivity index (χ2n) is 7.03. The Morgan fingerprint density at radius 2 is 2.00 bits per heavy atom. The molecule has 2 aliphatic rings. The van der Waals surface area contributed by atoms with Crippen molar-refractivity contribution in [1.29, 1.82) is 0 Å². The Morgan fingerprint density at radius 3 is 2.68 bits per heavy atom. The Morgan fingerprint density at radius 1 is 1.26 bits per heavy atom. The van der Waals surface area contributed by atoms with E-state index in [1.165, 1.54) is 44.9 Å². The molecule has 0 aromatic carbocycles. The smallest absolute Gasteiger partial charge is 0.0898 e. The van der Waals surface area contributed by atoms with Gasteiger partial charge in [0.25, 0.3) is 0 Å². The lowest BCUT2D eigenvalue weighted by Crippen LogP contribution is -2.45. The number of β-amino-alcohol motifs (C(OH)–C–C–N with tert-alkyl or cyclic N) is 1. The summed E-state index contributed by atoms with van der Waals surface area (Å²) in [5, 5.41) is 13.6. The molecule has 3 atom stereocenters. The van der Waals surface area contributed by atoms with Gasteiger partial charge in [-0.1, -0.05) is 32.6 Å². The quantitative estimate of drug-likeness (QED) is 0.779. The molecular weight excluding hydrogens is 238 g/mol. The van der Waals surface area contributed by atoms with Crippen LogP contribution < -0.4 is 5.32 Å². The van der Waals surface area contributed by atoms with Crippen molar-refractivity contribution in [3.05, 3.63) is 0 Å². The molecule has 0 bridgehead atoms. The summed E-state index contributed by atoms with van der Waals surface area (Å²) in [6, 6.07) is 0. The van der Waals surface area contributed by atoms with Crippen molar-refractivity contribution in [3.8, 4) is 0 Å². The Hall–Kier alpha value is -0.120. The molecule has 0 heterocycles. The van der Waals surface area contributed by atoms with Crippen molar-refractivity contribution in [2.45, 2.75) is 83.0 Å². The van der Waals surface area contributed by atoms with Gasteiger partial charge in [0.05, 0.1) is 18.8 Å². The molecule has 3 nitrogen and oxygen atoms in total. The van der Waals surface area contributed by atoms with E-state index in [-0.39, 0.29) is 11.6 Å². The zero-order chi connectivity index (χ0) is 13.7. The van der Waals surface area contributed by atoms with Crippen molar-refractivity contribution in [2.24, 2.45) is 5.92 Å². The molecule has 0 saturated heterocycles. The Labute approximate surface area is 118 Å². The largest absolute Gasteiger partial charge is 0.389 e. The summed E-state index contributed by atoms with van der Waals surface area (Å²) in [5.41, 5.74) is 0.250. The van der Waals surface area contributed by atoms with Gasteiger partial charge in [-0.3, -0.25) is 0 Å². The zero-order valence-corrected chi connectivity index (χ0v) is 12.7. The van der Waals surface area contributed by atoms with Crippen LogP contribution in [0.5, 0.6) is 0 Å². The van der Waals surface area contributed by atoms with Crippen LogP contribution in [0.25, 0.3) is 0 Å². The number of aliphatic hydroxyl groups excluding tert-OH is 1.